The van der Waals surface area contributed by atoms with Gasteiger partial charge in [0.05, 0.1) is 6.33 Å². The molecule has 1 N–H and O–H groups in total. The molecule has 0 saturated carbocycles. The number of benzene rings is 1. The van der Waals surface area contributed by atoms with Crippen LogP contribution in [0.25, 0.3) is 0 Å². The van der Waals surface area contributed by atoms with Crippen LogP contribution in [0.1, 0.15) is 24.8 Å². The molecule has 1 aromatic heterocycles. The van der Waals surface area contributed by atoms with Crippen molar-refractivity contribution in [2.24, 2.45) is 5.41 Å². The highest BCUT2D eigenvalue weighted by Crippen LogP contribution is 2.40. The first kappa shape index (κ1) is 15.4. The summed E-state index contributed by atoms with van der Waals surface area (Å²) in [5, 5.41) is 0. The summed E-state index contributed by atoms with van der Waals surface area (Å²) in [4.78, 5) is 23.4. The van der Waals surface area contributed by atoms with E-state index in [0.29, 0.717) is 5.41 Å². The van der Waals surface area contributed by atoms with E-state index in [-0.39, 0.29) is 5.56 Å². The standard InChI is InChI=1S/C19H24N4O/c24-18-11-17(20-15-21-18)23-10-8-19(14-23)7-4-9-22(13-19)12-16-5-2-1-3-6-16/h1-3,5-6,11,15H,4,7-10,12-14H2,(H,20,21,24). The fraction of sp³-hybridized carbons (Fsp3) is 0.474. The molecule has 5 nitrogen and oxygen atoms in total. The van der Waals surface area contributed by atoms with E-state index < -0.39 is 0 Å². The zero-order valence-electron chi connectivity index (χ0n) is 13.9. The quantitative estimate of drug-likeness (QED) is 0.941. The maximum Gasteiger partial charge on any atom is 0.252 e. The van der Waals surface area contributed by atoms with E-state index >= 15 is 0 Å². The van der Waals surface area contributed by atoms with Crippen LogP contribution in [0.5, 0.6) is 0 Å². The second kappa shape index (κ2) is 6.40. The summed E-state index contributed by atoms with van der Waals surface area (Å²) in [6.07, 6.45) is 5.22. The number of H-pyrrole nitrogens is 1. The van der Waals surface area contributed by atoms with Crippen molar-refractivity contribution in [3.8, 4) is 0 Å². The number of hydrogen-bond acceptors (Lipinski definition) is 4. The normalized spacial score (nSPS) is 24.6. The van der Waals surface area contributed by atoms with Gasteiger partial charge >= 0.3 is 0 Å². The summed E-state index contributed by atoms with van der Waals surface area (Å²) >= 11 is 0. The molecule has 1 aromatic carbocycles. The maximum absolute atomic E-state index is 11.5. The fourth-order valence-corrected chi connectivity index (χ4v) is 4.28. The number of aromatic amines is 1. The maximum atomic E-state index is 11.5. The fourth-order valence-electron chi connectivity index (χ4n) is 4.28. The second-order valence-corrected chi connectivity index (χ2v) is 7.24. The van der Waals surface area contributed by atoms with Gasteiger partial charge in [0.2, 0.25) is 0 Å². The van der Waals surface area contributed by atoms with Gasteiger partial charge in [0.25, 0.3) is 5.56 Å². The van der Waals surface area contributed by atoms with Gasteiger partial charge in [-0.05, 0) is 31.4 Å². The zero-order chi connectivity index (χ0) is 16.4. The number of aromatic nitrogens is 2. The number of nitrogens with zero attached hydrogens (tertiary/aromatic N) is 3. The molecule has 1 atom stereocenters. The van der Waals surface area contributed by atoms with Gasteiger partial charge < -0.3 is 9.88 Å². The Kier molecular flexibility index (Phi) is 4.10. The van der Waals surface area contributed by atoms with Crippen LogP contribution in [0.3, 0.4) is 0 Å². The van der Waals surface area contributed by atoms with Crippen molar-refractivity contribution in [3.63, 3.8) is 0 Å². The highest BCUT2D eigenvalue weighted by atomic mass is 16.1. The Labute approximate surface area is 142 Å². The van der Waals surface area contributed by atoms with E-state index in [1.165, 1.54) is 37.7 Å². The molecule has 0 amide bonds. The van der Waals surface area contributed by atoms with Crippen LogP contribution in [0, 0.1) is 5.41 Å². The molecule has 0 aliphatic carbocycles. The van der Waals surface area contributed by atoms with Crippen molar-refractivity contribution in [3.05, 3.63) is 58.6 Å². The number of likely N-dealkylation sites (tertiary alicyclic amines) is 1. The third kappa shape index (κ3) is 3.22. The molecule has 24 heavy (non-hydrogen) atoms. The van der Waals surface area contributed by atoms with Gasteiger partial charge in [-0.3, -0.25) is 9.69 Å². The Balaban J connectivity index is 1.45. The van der Waals surface area contributed by atoms with E-state index in [0.717, 1.165) is 32.0 Å². The minimum absolute atomic E-state index is 0.0738. The molecule has 3 heterocycles. The second-order valence-electron chi connectivity index (χ2n) is 7.24. The Morgan fingerprint density at radius 1 is 1.12 bits per heavy atom. The minimum Gasteiger partial charge on any atom is -0.356 e. The SMILES string of the molecule is O=c1cc(N2CCC3(CCCN(Cc4ccccc4)C3)C2)nc[nH]1. The topological polar surface area (TPSA) is 52.2 Å². The van der Waals surface area contributed by atoms with Crippen molar-refractivity contribution in [2.75, 3.05) is 31.1 Å². The molecule has 0 radical (unpaired) electrons. The average molecular weight is 324 g/mol. The van der Waals surface area contributed by atoms with Crippen molar-refractivity contribution >= 4 is 5.82 Å². The molecular formula is C19H24N4O. The molecule has 5 heteroatoms. The molecule has 0 bridgehead atoms. The molecule has 1 unspecified atom stereocenters. The lowest BCUT2D eigenvalue weighted by Crippen LogP contribution is -2.44. The monoisotopic (exact) mass is 324 g/mol. The molecule has 126 valence electrons. The van der Waals surface area contributed by atoms with E-state index in [1.807, 2.05) is 0 Å². The Morgan fingerprint density at radius 3 is 2.83 bits per heavy atom. The van der Waals surface area contributed by atoms with Gasteiger partial charge in [-0.15, -0.1) is 0 Å². The van der Waals surface area contributed by atoms with E-state index in [4.69, 9.17) is 0 Å². The summed E-state index contributed by atoms with van der Waals surface area (Å²) in [6.45, 7) is 5.36. The van der Waals surface area contributed by atoms with E-state index in [9.17, 15) is 4.79 Å². The summed E-state index contributed by atoms with van der Waals surface area (Å²) in [7, 11) is 0. The van der Waals surface area contributed by atoms with Crippen LogP contribution in [0.4, 0.5) is 5.82 Å². The summed E-state index contributed by atoms with van der Waals surface area (Å²) in [6, 6.07) is 12.3. The lowest BCUT2D eigenvalue weighted by Gasteiger charge is -2.40. The smallest absolute Gasteiger partial charge is 0.252 e. The number of hydrogen-bond donors (Lipinski definition) is 1. The first-order valence-corrected chi connectivity index (χ1v) is 8.79. The van der Waals surface area contributed by atoms with Crippen LogP contribution in [-0.2, 0) is 6.54 Å². The Hall–Kier alpha value is -2.14. The Bertz CT molecular complexity index is 744. The van der Waals surface area contributed by atoms with Gasteiger partial charge in [0, 0.05) is 37.7 Å². The number of rotatable bonds is 3. The molecule has 1 spiro atoms. The van der Waals surface area contributed by atoms with Gasteiger partial charge in [-0.1, -0.05) is 30.3 Å². The number of anilines is 1. The van der Waals surface area contributed by atoms with E-state index in [2.05, 4.69) is 50.1 Å². The van der Waals surface area contributed by atoms with Crippen LogP contribution >= 0.6 is 0 Å². The lowest BCUT2D eigenvalue weighted by molar-refractivity contribution is 0.0991. The average Bonchev–Trinajstić information content (AvgIpc) is 2.99. The third-order valence-electron chi connectivity index (χ3n) is 5.42. The predicted octanol–water partition coefficient (Wildman–Crippen LogP) is 2.26. The van der Waals surface area contributed by atoms with Crippen LogP contribution in [-0.4, -0.2) is 41.0 Å². The molecular weight excluding hydrogens is 300 g/mol. The predicted molar refractivity (Wildman–Crippen MR) is 95.1 cm³/mol. The molecule has 2 aliphatic rings. The van der Waals surface area contributed by atoms with Gasteiger partial charge in [0.1, 0.15) is 5.82 Å². The highest BCUT2D eigenvalue weighted by molar-refractivity contribution is 5.39. The molecule has 2 aliphatic heterocycles. The molecule has 2 saturated heterocycles. The lowest BCUT2D eigenvalue weighted by atomic mass is 9.79. The van der Waals surface area contributed by atoms with Gasteiger partial charge in [0.15, 0.2) is 0 Å². The van der Waals surface area contributed by atoms with Gasteiger partial charge in [-0.2, -0.15) is 0 Å². The van der Waals surface area contributed by atoms with Crippen LogP contribution in [0.15, 0.2) is 47.5 Å². The van der Waals surface area contributed by atoms with Crippen molar-refractivity contribution in [1.82, 2.24) is 14.9 Å². The summed E-state index contributed by atoms with van der Waals surface area (Å²) < 4.78 is 0. The minimum atomic E-state index is -0.0738. The highest BCUT2D eigenvalue weighted by Gasteiger charge is 2.41. The number of nitrogens with one attached hydrogen (secondary N) is 1. The summed E-state index contributed by atoms with van der Waals surface area (Å²) in [5.74, 6) is 0.816. The third-order valence-corrected chi connectivity index (χ3v) is 5.42. The first-order valence-electron chi connectivity index (χ1n) is 8.79. The molecule has 2 fully saturated rings. The molecule has 2 aromatic rings. The van der Waals surface area contributed by atoms with Crippen molar-refractivity contribution in [1.29, 1.82) is 0 Å². The first-order chi connectivity index (χ1) is 11.7. The van der Waals surface area contributed by atoms with Crippen LogP contribution < -0.4 is 10.5 Å². The largest absolute Gasteiger partial charge is 0.356 e. The Morgan fingerprint density at radius 2 is 2.00 bits per heavy atom. The van der Waals surface area contributed by atoms with Crippen molar-refractivity contribution in [2.45, 2.75) is 25.8 Å². The van der Waals surface area contributed by atoms with Crippen LogP contribution in [0.2, 0.25) is 0 Å². The van der Waals surface area contributed by atoms with E-state index in [1.54, 1.807) is 6.07 Å². The number of piperidine rings is 1. The molecule has 4 rings (SSSR count). The zero-order valence-corrected chi connectivity index (χ0v) is 13.9. The van der Waals surface area contributed by atoms with Crippen molar-refractivity contribution < 1.29 is 0 Å². The summed E-state index contributed by atoms with van der Waals surface area (Å²) in [5.41, 5.74) is 1.66. The van der Waals surface area contributed by atoms with Gasteiger partial charge in [-0.25, -0.2) is 4.98 Å².